The molecule has 3 aliphatic rings. The number of rotatable bonds is 3. The van der Waals surface area contributed by atoms with E-state index in [9.17, 15) is 4.79 Å². The lowest BCUT2D eigenvalue weighted by atomic mass is 9.93. The maximum absolute atomic E-state index is 12.8. The van der Waals surface area contributed by atoms with Gasteiger partial charge < -0.3 is 15.5 Å². The van der Waals surface area contributed by atoms with Crippen molar-refractivity contribution in [1.29, 1.82) is 0 Å². The molecule has 3 aliphatic heterocycles. The molecule has 138 valence electrons. The number of amides is 1. The molecule has 6 rings (SSSR count). The Morgan fingerprint density at radius 1 is 1.26 bits per heavy atom. The number of benzene rings is 1. The van der Waals surface area contributed by atoms with Gasteiger partial charge in [-0.05, 0) is 37.5 Å². The Kier molecular flexibility index (Phi) is 3.82. The van der Waals surface area contributed by atoms with Gasteiger partial charge in [0, 0.05) is 37.1 Å². The Labute approximate surface area is 157 Å². The van der Waals surface area contributed by atoms with Gasteiger partial charge >= 0.3 is 0 Å². The zero-order valence-electron chi connectivity index (χ0n) is 15.2. The van der Waals surface area contributed by atoms with Crippen molar-refractivity contribution in [3.63, 3.8) is 0 Å². The van der Waals surface area contributed by atoms with Gasteiger partial charge in [-0.1, -0.05) is 18.2 Å². The number of carbonyl (C=O) groups excluding carboxylic acids is 1. The molecular weight excluding hydrogens is 340 g/mol. The molecule has 1 amide bonds. The van der Waals surface area contributed by atoms with Gasteiger partial charge in [-0.25, -0.2) is 9.50 Å². The van der Waals surface area contributed by atoms with Crippen molar-refractivity contribution in [3.05, 3.63) is 53.9 Å². The van der Waals surface area contributed by atoms with Crippen LogP contribution in [-0.2, 0) is 0 Å². The molecule has 7 heteroatoms. The Balaban J connectivity index is 1.47. The first-order valence-electron chi connectivity index (χ1n) is 9.40. The largest absolute Gasteiger partial charge is 0.351 e. The number of hydrogen-bond donors (Lipinski definition) is 2. The molecule has 3 aromatic rings. The number of hydrogen-bond acceptors (Lipinski definition) is 5. The second-order valence-corrected chi connectivity index (χ2v) is 7.37. The Bertz CT molecular complexity index is 1000. The summed E-state index contributed by atoms with van der Waals surface area (Å²) in [6, 6.07) is 10.7. The molecule has 2 N–H and O–H groups in total. The summed E-state index contributed by atoms with van der Waals surface area (Å²) in [6.45, 7) is 3.94. The van der Waals surface area contributed by atoms with Gasteiger partial charge in [0.2, 0.25) is 0 Å². The van der Waals surface area contributed by atoms with Gasteiger partial charge in [0.15, 0.2) is 5.65 Å². The zero-order valence-corrected chi connectivity index (χ0v) is 15.2. The van der Waals surface area contributed by atoms with Crippen molar-refractivity contribution in [3.8, 4) is 0 Å². The lowest BCUT2D eigenvalue weighted by molar-refractivity contribution is 0.102. The van der Waals surface area contributed by atoms with Crippen LogP contribution < -0.4 is 15.5 Å². The number of fused-ring (bicyclic) bond motifs is 4. The number of piperidine rings is 2. The van der Waals surface area contributed by atoms with E-state index in [4.69, 9.17) is 4.98 Å². The van der Waals surface area contributed by atoms with Crippen LogP contribution >= 0.6 is 0 Å². The number of carbonyl (C=O) groups is 1. The third-order valence-electron chi connectivity index (χ3n) is 5.63. The molecule has 3 saturated heterocycles. The van der Waals surface area contributed by atoms with Gasteiger partial charge in [0.1, 0.15) is 11.4 Å². The van der Waals surface area contributed by atoms with Gasteiger partial charge in [-0.15, -0.1) is 0 Å². The lowest BCUT2D eigenvalue weighted by Crippen LogP contribution is -2.61. The average molecular weight is 362 g/mol. The molecule has 0 saturated carbocycles. The number of piperazine rings is 1. The van der Waals surface area contributed by atoms with Gasteiger partial charge in [-0.2, -0.15) is 5.10 Å². The van der Waals surface area contributed by atoms with Crippen molar-refractivity contribution < 1.29 is 4.79 Å². The molecule has 2 aromatic heterocycles. The first-order valence-corrected chi connectivity index (χ1v) is 9.40. The Morgan fingerprint density at radius 3 is 2.89 bits per heavy atom. The minimum absolute atomic E-state index is 0.189. The standard InChI is InChI=1S/C20H22N6O/c1-13-4-2-3-5-17(13)23-20(27)16-11-22-26-9-8-18(24-19(16)26)25-12-14-6-7-15(25)10-21-14/h2-5,8-9,11,14-15,21H,6-7,10,12H2,1H3,(H,23,27). The van der Waals surface area contributed by atoms with Crippen LogP contribution in [-0.4, -0.2) is 45.7 Å². The quantitative estimate of drug-likeness (QED) is 0.747. The van der Waals surface area contributed by atoms with Crippen molar-refractivity contribution in [2.24, 2.45) is 0 Å². The van der Waals surface area contributed by atoms with Crippen molar-refractivity contribution in [2.45, 2.75) is 31.8 Å². The number of nitrogens with zero attached hydrogens (tertiary/aromatic N) is 4. The van der Waals surface area contributed by atoms with Crippen LogP contribution in [0.4, 0.5) is 11.5 Å². The van der Waals surface area contributed by atoms with Gasteiger partial charge in [-0.3, -0.25) is 4.79 Å². The summed E-state index contributed by atoms with van der Waals surface area (Å²) in [5.74, 6) is 0.731. The Hall–Kier alpha value is -2.93. The highest BCUT2D eigenvalue weighted by molar-refractivity contribution is 6.08. The summed E-state index contributed by atoms with van der Waals surface area (Å²) in [7, 11) is 0. The fourth-order valence-electron chi connectivity index (χ4n) is 4.07. The molecule has 2 atom stereocenters. The molecule has 2 bridgehead atoms. The molecule has 2 unspecified atom stereocenters. The van der Waals surface area contributed by atoms with Crippen LogP contribution in [0.1, 0.15) is 28.8 Å². The molecule has 0 radical (unpaired) electrons. The number of anilines is 2. The number of para-hydroxylation sites is 1. The first-order chi connectivity index (χ1) is 13.2. The van der Waals surface area contributed by atoms with E-state index in [2.05, 4.69) is 20.6 Å². The lowest BCUT2D eigenvalue weighted by Gasteiger charge is -2.46. The molecule has 27 heavy (non-hydrogen) atoms. The minimum Gasteiger partial charge on any atom is -0.351 e. The summed E-state index contributed by atoms with van der Waals surface area (Å²) >= 11 is 0. The van der Waals surface area contributed by atoms with E-state index in [1.165, 1.54) is 12.8 Å². The predicted molar refractivity (Wildman–Crippen MR) is 104 cm³/mol. The van der Waals surface area contributed by atoms with Crippen LogP contribution in [0.3, 0.4) is 0 Å². The monoisotopic (exact) mass is 362 g/mol. The van der Waals surface area contributed by atoms with E-state index in [0.717, 1.165) is 30.2 Å². The fourth-order valence-corrected chi connectivity index (χ4v) is 4.07. The highest BCUT2D eigenvalue weighted by Crippen LogP contribution is 2.27. The zero-order chi connectivity index (χ0) is 18.4. The molecule has 5 heterocycles. The highest BCUT2D eigenvalue weighted by Gasteiger charge is 2.34. The minimum atomic E-state index is -0.189. The van der Waals surface area contributed by atoms with Crippen molar-refractivity contribution in [1.82, 2.24) is 19.9 Å². The van der Waals surface area contributed by atoms with Gasteiger partial charge in [0.05, 0.1) is 6.20 Å². The average Bonchev–Trinajstić information content (AvgIpc) is 3.14. The van der Waals surface area contributed by atoms with Crippen molar-refractivity contribution >= 4 is 23.1 Å². The molecule has 0 aliphatic carbocycles. The smallest absolute Gasteiger partial charge is 0.261 e. The normalized spacial score (nSPS) is 21.6. The van der Waals surface area contributed by atoms with E-state index in [0.29, 0.717) is 23.3 Å². The van der Waals surface area contributed by atoms with E-state index in [1.807, 2.05) is 43.5 Å². The number of aryl methyl sites for hydroxylation is 1. The topological polar surface area (TPSA) is 74.6 Å². The van der Waals surface area contributed by atoms with E-state index in [-0.39, 0.29) is 5.91 Å². The SMILES string of the molecule is Cc1ccccc1NC(=O)c1cnn2ccc(N3CC4CCC3CN4)nc12. The summed E-state index contributed by atoms with van der Waals surface area (Å²) < 4.78 is 1.66. The second-order valence-electron chi connectivity index (χ2n) is 7.37. The summed E-state index contributed by atoms with van der Waals surface area (Å²) in [5, 5.41) is 10.8. The molecule has 7 nitrogen and oxygen atoms in total. The van der Waals surface area contributed by atoms with Crippen LogP contribution in [0, 0.1) is 6.92 Å². The molecule has 3 fully saturated rings. The van der Waals surface area contributed by atoms with Crippen LogP contribution in [0.5, 0.6) is 0 Å². The Morgan fingerprint density at radius 2 is 2.15 bits per heavy atom. The number of nitrogens with one attached hydrogen (secondary N) is 2. The first kappa shape index (κ1) is 16.3. The summed E-state index contributed by atoms with van der Waals surface area (Å²) in [6.07, 6.45) is 5.88. The van der Waals surface area contributed by atoms with Crippen molar-refractivity contribution in [2.75, 3.05) is 23.3 Å². The summed E-state index contributed by atoms with van der Waals surface area (Å²) in [4.78, 5) is 20.0. The highest BCUT2D eigenvalue weighted by atomic mass is 16.1. The maximum atomic E-state index is 12.8. The fraction of sp³-hybridized carbons (Fsp3) is 0.350. The van der Waals surface area contributed by atoms with Crippen LogP contribution in [0.25, 0.3) is 5.65 Å². The molecular formula is C20H22N6O. The maximum Gasteiger partial charge on any atom is 0.261 e. The third kappa shape index (κ3) is 2.84. The molecule has 1 aromatic carbocycles. The third-order valence-corrected chi connectivity index (χ3v) is 5.63. The molecule has 0 spiro atoms. The van der Waals surface area contributed by atoms with Crippen LogP contribution in [0.2, 0.25) is 0 Å². The summed E-state index contributed by atoms with van der Waals surface area (Å²) in [5.41, 5.74) is 2.90. The van der Waals surface area contributed by atoms with E-state index < -0.39 is 0 Å². The predicted octanol–water partition coefficient (Wildman–Crippen LogP) is 2.23. The van der Waals surface area contributed by atoms with Gasteiger partial charge in [0.25, 0.3) is 5.91 Å². The van der Waals surface area contributed by atoms with Crippen LogP contribution in [0.15, 0.2) is 42.7 Å². The number of aromatic nitrogens is 3. The second kappa shape index (κ2) is 6.35. The van der Waals surface area contributed by atoms with E-state index >= 15 is 0 Å². The van der Waals surface area contributed by atoms with E-state index in [1.54, 1.807) is 10.7 Å².